The van der Waals surface area contributed by atoms with Gasteiger partial charge < -0.3 is 14.3 Å². The third-order valence-corrected chi connectivity index (χ3v) is 5.84. The van der Waals surface area contributed by atoms with E-state index in [1.165, 1.54) is 18.7 Å². The number of oxazole rings is 1. The van der Waals surface area contributed by atoms with E-state index in [2.05, 4.69) is 25.1 Å². The summed E-state index contributed by atoms with van der Waals surface area (Å²) in [6.45, 7) is 0.892. The zero-order valence-corrected chi connectivity index (χ0v) is 18.4. The van der Waals surface area contributed by atoms with Gasteiger partial charge in [0.15, 0.2) is 17.5 Å². The van der Waals surface area contributed by atoms with E-state index in [-0.39, 0.29) is 36.0 Å². The molecule has 5 rings (SSSR count). The standard InChI is InChI=1S/C25H23F2N5O2/c26-18-8-5-9-19(27)24(18)20-15-28-23(34-20)12-11-22(33)29-17-7-4-6-16(14-17)25-31-30-21-10-2-1-3-13-32(21)25/h4-9,14-15H,1-3,10-13H2,(H,29,33). The largest absolute Gasteiger partial charge is 0.441 e. The number of anilines is 1. The molecule has 0 spiro atoms. The number of nitrogens with one attached hydrogen (secondary N) is 1. The molecule has 7 nitrogen and oxygen atoms in total. The van der Waals surface area contributed by atoms with Crippen molar-refractivity contribution >= 4 is 11.6 Å². The molecular formula is C25H23F2N5O2. The third kappa shape index (κ3) is 4.59. The van der Waals surface area contributed by atoms with Crippen LogP contribution in [0.4, 0.5) is 14.5 Å². The first-order valence-electron chi connectivity index (χ1n) is 11.3. The molecule has 1 N–H and O–H groups in total. The second-order valence-electron chi connectivity index (χ2n) is 8.25. The van der Waals surface area contributed by atoms with Crippen LogP contribution in [0.25, 0.3) is 22.7 Å². The smallest absolute Gasteiger partial charge is 0.224 e. The predicted octanol–water partition coefficient (Wildman–Crippen LogP) is 5.18. The Labute approximate surface area is 194 Å². The minimum absolute atomic E-state index is 0.00820. The van der Waals surface area contributed by atoms with Crippen LogP contribution in [0.5, 0.6) is 0 Å². The van der Waals surface area contributed by atoms with Crippen molar-refractivity contribution < 1.29 is 18.0 Å². The maximum absolute atomic E-state index is 13.9. The number of amides is 1. The Kier molecular flexibility index (Phi) is 6.16. The third-order valence-electron chi connectivity index (χ3n) is 5.84. The summed E-state index contributed by atoms with van der Waals surface area (Å²) in [5.74, 6) is 0.339. The molecule has 0 atom stereocenters. The molecule has 9 heteroatoms. The summed E-state index contributed by atoms with van der Waals surface area (Å²) in [4.78, 5) is 16.6. The van der Waals surface area contributed by atoms with E-state index >= 15 is 0 Å². The maximum Gasteiger partial charge on any atom is 0.224 e. The van der Waals surface area contributed by atoms with Crippen molar-refractivity contribution in [2.24, 2.45) is 0 Å². The second kappa shape index (κ2) is 9.54. The van der Waals surface area contributed by atoms with Crippen molar-refractivity contribution in [3.8, 4) is 22.7 Å². The number of benzene rings is 2. The fraction of sp³-hybridized carbons (Fsp3) is 0.280. The van der Waals surface area contributed by atoms with Gasteiger partial charge in [0.05, 0.1) is 11.8 Å². The molecule has 2 aromatic heterocycles. The SMILES string of the molecule is O=C(CCc1ncc(-c2c(F)cccc2F)o1)Nc1cccc(-c2nnc3n2CCCCC3)c1. The number of rotatable bonds is 6. The van der Waals surface area contributed by atoms with Crippen molar-refractivity contribution in [3.05, 3.63) is 72.0 Å². The van der Waals surface area contributed by atoms with E-state index in [9.17, 15) is 13.6 Å². The van der Waals surface area contributed by atoms with Gasteiger partial charge in [0.25, 0.3) is 0 Å². The van der Waals surface area contributed by atoms with Gasteiger partial charge >= 0.3 is 0 Å². The number of halogens is 2. The maximum atomic E-state index is 13.9. The normalized spacial score (nSPS) is 13.4. The van der Waals surface area contributed by atoms with Gasteiger partial charge in [-0.15, -0.1) is 10.2 Å². The summed E-state index contributed by atoms with van der Waals surface area (Å²) < 4.78 is 35.5. The highest BCUT2D eigenvalue weighted by atomic mass is 19.1. The number of fused-ring (bicyclic) bond motifs is 1. The molecule has 1 aliphatic rings. The molecule has 0 aliphatic carbocycles. The van der Waals surface area contributed by atoms with Gasteiger partial charge in [-0.1, -0.05) is 24.6 Å². The first-order valence-corrected chi connectivity index (χ1v) is 11.3. The van der Waals surface area contributed by atoms with E-state index in [0.717, 1.165) is 55.2 Å². The Balaban J connectivity index is 1.23. The van der Waals surface area contributed by atoms with E-state index in [4.69, 9.17) is 4.42 Å². The van der Waals surface area contributed by atoms with Gasteiger partial charge in [0.1, 0.15) is 17.5 Å². The van der Waals surface area contributed by atoms with E-state index < -0.39 is 11.6 Å². The van der Waals surface area contributed by atoms with Crippen molar-refractivity contribution in [1.82, 2.24) is 19.7 Å². The lowest BCUT2D eigenvalue weighted by molar-refractivity contribution is -0.116. The quantitative estimate of drug-likeness (QED) is 0.426. The number of carbonyl (C=O) groups excluding carboxylic acids is 1. The van der Waals surface area contributed by atoms with Crippen LogP contribution in [0.2, 0.25) is 0 Å². The van der Waals surface area contributed by atoms with E-state index in [1.807, 2.05) is 24.3 Å². The van der Waals surface area contributed by atoms with Crippen LogP contribution in [0.3, 0.4) is 0 Å². The van der Waals surface area contributed by atoms with Crippen LogP contribution in [-0.2, 0) is 24.2 Å². The first kappa shape index (κ1) is 21.9. The highest BCUT2D eigenvalue weighted by Gasteiger charge is 2.18. The molecule has 174 valence electrons. The molecule has 3 heterocycles. The molecule has 0 saturated carbocycles. The molecule has 4 aromatic rings. The Morgan fingerprint density at radius 1 is 1.06 bits per heavy atom. The second-order valence-corrected chi connectivity index (χ2v) is 8.25. The predicted molar refractivity (Wildman–Crippen MR) is 122 cm³/mol. The van der Waals surface area contributed by atoms with Gasteiger partial charge in [-0.2, -0.15) is 0 Å². The summed E-state index contributed by atoms with van der Waals surface area (Å²) in [6.07, 6.45) is 5.88. The number of hydrogen-bond donors (Lipinski definition) is 1. The Bertz CT molecular complexity index is 1310. The Morgan fingerprint density at radius 2 is 1.88 bits per heavy atom. The van der Waals surface area contributed by atoms with Crippen LogP contribution in [0.15, 0.2) is 53.1 Å². The number of aryl methyl sites for hydroxylation is 2. The van der Waals surface area contributed by atoms with Crippen LogP contribution < -0.4 is 5.32 Å². The molecule has 1 amide bonds. The lowest BCUT2D eigenvalue weighted by atomic mass is 10.1. The first-order chi connectivity index (χ1) is 16.6. The Morgan fingerprint density at radius 3 is 2.74 bits per heavy atom. The van der Waals surface area contributed by atoms with Gasteiger partial charge in [-0.25, -0.2) is 13.8 Å². The van der Waals surface area contributed by atoms with Gasteiger partial charge in [-0.05, 0) is 37.1 Å². The highest BCUT2D eigenvalue weighted by molar-refractivity contribution is 5.91. The van der Waals surface area contributed by atoms with Crippen molar-refractivity contribution in [2.45, 2.75) is 45.1 Å². The highest BCUT2D eigenvalue weighted by Crippen LogP contribution is 2.27. The van der Waals surface area contributed by atoms with Crippen LogP contribution in [-0.4, -0.2) is 25.7 Å². The number of nitrogens with zero attached hydrogens (tertiary/aromatic N) is 4. The molecular weight excluding hydrogens is 440 g/mol. The minimum Gasteiger partial charge on any atom is -0.441 e. The van der Waals surface area contributed by atoms with Crippen molar-refractivity contribution in [3.63, 3.8) is 0 Å². The van der Waals surface area contributed by atoms with Gasteiger partial charge in [0.2, 0.25) is 5.91 Å². The lowest BCUT2D eigenvalue weighted by Crippen LogP contribution is -2.12. The molecule has 1 aliphatic heterocycles. The summed E-state index contributed by atoms with van der Waals surface area (Å²) >= 11 is 0. The van der Waals surface area contributed by atoms with Crippen molar-refractivity contribution in [1.29, 1.82) is 0 Å². The molecule has 2 aromatic carbocycles. The molecule has 0 radical (unpaired) electrons. The van der Waals surface area contributed by atoms with E-state index in [0.29, 0.717) is 5.69 Å². The van der Waals surface area contributed by atoms with Crippen LogP contribution in [0.1, 0.15) is 37.4 Å². The number of hydrogen-bond acceptors (Lipinski definition) is 5. The van der Waals surface area contributed by atoms with Gasteiger partial charge in [0, 0.05) is 37.1 Å². The fourth-order valence-electron chi connectivity index (χ4n) is 4.15. The van der Waals surface area contributed by atoms with E-state index in [1.54, 1.807) is 0 Å². The Hall–Kier alpha value is -3.88. The monoisotopic (exact) mass is 463 g/mol. The summed E-state index contributed by atoms with van der Waals surface area (Å²) in [5.41, 5.74) is 1.27. The number of aromatic nitrogens is 4. The molecule has 0 saturated heterocycles. The van der Waals surface area contributed by atoms with Crippen molar-refractivity contribution in [2.75, 3.05) is 5.32 Å². The topological polar surface area (TPSA) is 85.8 Å². The number of carbonyl (C=O) groups is 1. The van der Waals surface area contributed by atoms with Crippen LogP contribution >= 0.6 is 0 Å². The minimum atomic E-state index is -0.732. The fourth-order valence-corrected chi connectivity index (χ4v) is 4.15. The molecule has 0 bridgehead atoms. The molecule has 34 heavy (non-hydrogen) atoms. The lowest BCUT2D eigenvalue weighted by Gasteiger charge is -2.09. The molecule has 0 unspecified atom stereocenters. The zero-order chi connectivity index (χ0) is 23.5. The summed E-state index contributed by atoms with van der Waals surface area (Å²) in [6, 6.07) is 11.1. The summed E-state index contributed by atoms with van der Waals surface area (Å²) in [5, 5.41) is 11.6. The van der Waals surface area contributed by atoms with Crippen LogP contribution in [0, 0.1) is 11.6 Å². The van der Waals surface area contributed by atoms with Gasteiger partial charge in [-0.3, -0.25) is 4.79 Å². The summed E-state index contributed by atoms with van der Waals surface area (Å²) in [7, 11) is 0. The zero-order valence-electron chi connectivity index (χ0n) is 18.4. The molecule has 0 fully saturated rings. The average molecular weight is 463 g/mol. The average Bonchev–Trinajstić information content (AvgIpc) is 3.39.